The lowest BCUT2D eigenvalue weighted by atomic mass is 9.66. The van der Waals surface area contributed by atoms with Crippen molar-refractivity contribution < 1.29 is 15.0 Å². The van der Waals surface area contributed by atoms with Gasteiger partial charge in [-0.05, 0) is 60.8 Å². The standard InChI is InChI=1S/C28H32O3/c1-20(21-11-5-2-6-12-21)28-18-17-25(29)24(28)19-23(15-9-4-10-16-26(30)31)27(28)22-13-7-3-8-14-22/h2-3,5-8,11-14,24-25,29H,1,4,9-10,15-19H2,(H,30,31). The van der Waals surface area contributed by atoms with Crippen LogP contribution in [0.5, 0.6) is 0 Å². The van der Waals surface area contributed by atoms with Crippen LogP contribution in [0.15, 0.2) is 72.8 Å². The first kappa shape index (κ1) is 21.6. The topological polar surface area (TPSA) is 57.5 Å². The molecule has 2 aromatic carbocycles. The Kier molecular flexibility index (Phi) is 6.43. The maximum Gasteiger partial charge on any atom is 0.303 e. The van der Waals surface area contributed by atoms with Crippen LogP contribution in [0, 0.1) is 11.3 Å². The number of carboxylic acids is 1. The van der Waals surface area contributed by atoms with Gasteiger partial charge in [-0.25, -0.2) is 0 Å². The van der Waals surface area contributed by atoms with Crippen molar-refractivity contribution in [2.24, 2.45) is 11.3 Å². The summed E-state index contributed by atoms with van der Waals surface area (Å²) in [4.78, 5) is 10.8. The zero-order valence-corrected chi connectivity index (χ0v) is 18.1. The molecular weight excluding hydrogens is 384 g/mol. The largest absolute Gasteiger partial charge is 0.481 e. The van der Waals surface area contributed by atoms with Crippen molar-refractivity contribution in [1.82, 2.24) is 0 Å². The van der Waals surface area contributed by atoms with E-state index >= 15 is 0 Å². The van der Waals surface area contributed by atoms with Crippen molar-refractivity contribution in [3.8, 4) is 0 Å². The summed E-state index contributed by atoms with van der Waals surface area (Å²) < 4.78 is 0. The number of fused-ring (bicyclic) bond motifs is 1. The molecule has 2 aliphatic rings. The molecule has 3 unspecified atom stereocenters. The van der Waals surface area contributed by atoms with Gasteiger partial charge in [-0.2, -0.15) is 0 Å². The second kappa shape index (κ2) is 9.23. The smallest absolute Gasteiger partial charge is 0.303 e. The number of hydrogen-bond acceptors (Lipinski definition) is 2. The van der Waals surface area contributed by atoms with E-state index < -0.39 is 5.97 Å². The van der Waals surface area contributed by atoms with Crippen molar-refractivity contribution in [3.05, 3.63) is 83.9 Å². The number of aliphatic hydroxyl groups is 1. The molecule has 0 aliphatic heterocycles. The van der Waals surface area contributed by atoms with Crippen molar-refractivity contribution >= 4 is 17.1 Å². The van der Waals surface area contributed by atoms with Crippen molar-refractivity contribution in [2.75, 3.05) is 0 Å². The van der Waals surface area contributed by atoms with Crippen LogP contribution in [0.2, 0.25) is 0 Å². The van der Waals surface area contributed by atoms with E-state index in [0.717, 1.165) is 56.1 Å². The highest BCUT2D eigenvalue weighted by Gasteiger charge is 2.56. The lowest BCUT2D eigenvalue weighted by molar-refractivity contribution is -0.137. The van der Waals surface area contributed by atoms with Gasteiger partial charge in [0.2, 0.25) is 0 Å². The Labute approximate surface area is 185 Å². The van der Waals surface area contributed by atoms with Crippen LogP contribution in [0.1, 0.15) is 62.5 Å². The molecule has 2 N–H and O–H groups in total. The quantitative estimate of drug-likeness (QED) is 0.468. The molecule has 1 saturated carbocycles. The van der Waals surface area contributed by atoms with E-state index in [4.69, 9.17) is 5.11 Å². The molecule has 0 spiro atoms. The van der Waals surface area contributed by atoms with Crippen LogP contribution >= 0.6 is 0 Å². The van der Waals surface area contributed by atoms with Crippen molar-refractivity contribution in [1.29, 1.82) is 0 Å². The first-order chi connectivity index (χ1) is 15.0. The van der Waals surface area contributed by atoms with E-state index in [1.165, 1.54) is 16.7 Å². The summed E-state index contributed by atoms with van der Waals surface area (Å²) in [5.74, 6) is -0.565. The Morgan fingerprint density at radius 2 is 1.68 bits per heavy atom. The van der Waals surface area contributed by atoms with Crippen LogP contribution in [0.3, 0.4) is 0 Å². The highest BCUT2D eigenvalue weighted by atomic mass is 16.4. The molecule has 0 heterocycles. The highest BCUT2D eigenvalue weighted by Crippen LogP contribution is 2.66. The van der Waals surface area contributed by atoms with Gasteiger partial charge < -0.3 is 10.2 Å². The lowest BCUT2D eigenvalue weighted by Crippen LogP contribution is -2.29. The van der Waals surface area contributed by atoms with Gasteiger partial charge >= 0.3 is 5.97 Å². The van der Waals surface area contributed by atoms with Gasteiger partial charge in [-0.1, -0.05) is 79.2 Å². The minimum Gasteiger partial charge on any atom is -0.481 e. The molecule has 31 heavy (non-hydrogen) atoms. The first-order valence-corrected chi connectivity index (χ1v) is 11.5. The van der Waals surface area contributed by atoms with E-state index in [1.807, 2.05) is 12.1 Å². The van der Waals surface area contributed by atoms with E-state index in [0.29, 0.717) is 0 Å². The monoisotopic (exact) mass is 416 g/mol. The maximum absolute atomic E-state index is 11.0. The summed E-state index contributed by atoms with van der Waals surface area (Å²) in [6.07, 6.45) is 6.11. The molecule has 0 saturated heterocycles. The predicted molar refractivity (Wildman–Crippen MR) is 125 cm³/mol. The average molecular weight is 417 g/mol. The van der Waals surface area contributed by atoms with Gasteiger partial charge in [0.25, 0.3) is 0 Å². The summed E-state index contributed by atoms with van der Waals surface area (Å²) in [6.45, 7) is 4.60. The number of rotatable bonds is 9. The maximum atomic E-state index is 11.0. The number of carboxylic acid groups (broad SMARTS) is 1. The Morgan fingerprint density at radius 1 is 1.00 bits per heavy atom. The van der Waals surface area contributed by atoms with Crippen LogP contribution in [-0.2, 0) is 4.79 Å². The first-order valence-electron chi connectivity index (χ1n) is 11.5. The minimum absolute atomic E-state index is 0.157. The molecule has 3 nitrogen and oxygen atoms in total. The Balaban J connectivity index is 1.72. The number of aliphatic carboxylic acids is 1. The summed E-state index contributed by atoms with van der Waals surface area (Å²) in [6, 6.07) is 21.0. The Morgan fingerprint density at radius 3 is 2.35 bits per heavy atom. The van der Waals surface area contributed by atoms with Gasteiger partial charge in [-0.15, -0.1) is 0 Å². The van der Waals surface area contributed by atoms with E-state index in [1.54, 1.807) is 0 Å². The van der Waals surface area contributed by atoms with Crippen LogP contribution in [0.25, 0.3) is 11.1 Å². The average Bonchev–Trinajstić information content (AvgIpc) is 3.29. The SMILES string of the molecule is C=C(c1ccccc1)C12CCC(O)C1CC(CCCCCC(=O)O)=C2c1ccccc1. The molecule has 2 aromatic rings. The van der Waals surface area contributed by atoms with Gasteiger partial charge in [-0.3, -0.25) is 4.79 Å². The van der Waals surface area contributed by atoms with E-state index in [9.17, 15) is 9.90 Å². The molecule has 3 heteroatoms. The highest BCUT2D eigenvalue weighted by molar-refractivity contribution is 5.90. The Hall–Kier alpha value is -2.65. The normalized spacial score (nSPS) is 24.9. The number of benzene rings is 2. The summed E-state index contributed by atoms with van der Waals surface area (Å²) >= 11 is 0. The molecule has 2 aliphatic carbocycles. The summed E-state index contributed by atoms with van der Waals surface area (Å²) in [5, 5.41) is 19.9. The number of carbonyl (C=O) groups is 1. The fourth-order valence-electron chi connectivity index (χ4n) is 5.90. The summed E-state index contributed by atoms with van der Waals surface area (Å²) in [7, 11) is 0. The lowest BCUT2D eigenvalue weighted by Gasteiger charge is -2.37. The van der Waals surface area contributed by atoms with E-state index in [2.05, 4.69) is 55.1 Å². The molecule has 162 valence electrons. The third-order valence-corrected chi connectivity index (χ3v) is 7.29. The number of aliphatic hydroxyl groups excluding tert-OH is 1. The zero-order chi connectivity index (χ0) is 21.8. The van der Waals surface area contributed by atoms with Gasteiger partial charge in [0.1, 0.15) is 0 Å². The second-order valence-corrected chi connectivity index (χ2v) is 9.03. The molecule has 1 fully saturated rings. The number of unbranched alkanes of at least 4 members (excludes halogenated alkanes) is 2. The van der Waals surface area contributed by atoms with Crippen molar-refractivity contribution in [3.63, 3.8) is 0 Å². The number of allylic oxidation sites excluding steroid dienone is 3. The summed E-state index contributed by atoms with van der Waals surface area (Å²) in [5.41, 5.74) is 6.05. The molecule has 0 radical (unpaired) electrons. The molecule has 0 aromatic heterocycles. The molecular formula is C28H32O3. The van der Waals surface area contributed by atoms with Crippen LogP contribution in [-0.4, -0.2) is 22.3 Å². The van der Waals surface area contributed by atoms with Crippen LogP contribution < -0.4 is 0 Å². The Bertz CT molecular complexity index is 960. The molecule has 0 amide bonds. The molecule has 3 atom stereocenters. The zero-order valence-electron chi connectivity index (χ0n) is 18.1. The van der Waals surface area contributed by atoms with Gasteiger partial charge in [0, 0.05) is 17.8 Å². The van der Waals surface area contributed by atoms with E-state index in [-0.39, 0.29) is 23.9 Å². The molecule has 4 rings (SSSR count). The van der Waals surface area contributed by atoms with Gasteiger partial charge in [0.15, 0.2) is 0 Å². The third kappa shape index (κ3) is 4.12. The molecule has 0 bridgehead atoms. The third-order valence-electron chi connectivity index (χ3n) is 7.29. The van der Waals surface area contributed by atoms with Crippen molar-refractivity contribution in [2.45, 2.75) is 57.5 Å². The fourth-order valence-corrected chi connectivity index (χ4v) is 5.90. The second-order valence-electron chi connectivity index (χ2n) is 9.03. The fraction of sp³-hybridized carbons (Fsp3) is 0.393. The van der Waals surface area contributed by atoms with Gasteiger partial charge in [0.05, 0.1) is 6.10 Å². The predicted octanol–water partition coefficient (Wildman–Crippen LogP) is 6.35. The minimum atomic E-state index is -0.721. The number of hydrogen-bond donors (Lipinski definition) is 2. The van der Waals surface area contributed by atoms with Crippen LogP contribution in [0.4, 0.5) is 0 Å².